The summed E-state index contributed by atoms with van der Waals surface area (Å²) in [6.07, 6.45) is 3.07. The monoisotopic (exact) mass is 242 g/mol. The maximum absolute atomic E-state index is 11.6. The molecule has 0 saturated heterocycles. The third kappa shape index (κ3) is 3.95. The van der Waals surface area contributed by atoms with Crippen LogP contribution in [0.15, 0.2) is 18.3 Å². The number of pyridine rings is 1. The number of nitrogens with two attached hydrogens (primary N) is 1. The standard InChI is InChI=1S/C9H14N4O2S/c1-16(15)5-4-12-9(14)8-6-7(13-10)2-3-11-8/h2-3,6H,4-5,10H2,1H3,(H,11,13)(H,12,14). The Morgan fingerprint density at radius 3 is 3.00 bits per heavy atom. The molecule has 0 aliphatic carbocycles. The van der Waals surface area contributed by atoms with E-state index in [-0.39, 0.29) is 11.6 Å². The highest BCUT2D eigenvalue weighted by atomic mass is 32.2. The number of anilines is 1. The summed E-state index contributed by atoms with van der Waals surface area (Å²) < 4.78 is 10.8. The smallest absolute Gasteiger partial charge is 0.269 e. The second-order valence-electron chi connectivity index (χ2n) is 3.11. The van der Waals surface area contributed by atoms with Gasteiger partial charge in [-0.15, -0.1) is 0 Å². The molecular formula is C9H14N4O2S. The highest BCUT2D eigenvalue weighted by Gasteiger charge is 2.06. The van der Waals surface area contributed by atoms with Gasteiger partial charge in [-0.1, -0.05) is 0 Å². The second-order valence-corrected chi connectivity index (χ2v) is 4.66. The molecule has 1 amide bonds. The molecule has 4 N–H and O–H groups in total. The van der Waals surface area contributed by atoms with E-state index in [0.717, 1.165) is 0 Å². The molecule has 88 valence electrons. The number of nitrogens with one attached hydrogen (secondary N) is 2. The molecular weight excluding hydrogens is 228 g/mol. The van der Waals surface area contributed by atoms with Crippen molar-refractivity contribution in [2.45, 2.75) is 0 Å². The SMILES string of the molecule is CS(=O)CCNC(=O)c1cc(NN)ccn1. The molecule has 1 atom stereocenters. The van der Waals surface area contributed by atoms with Gasteiger partial charge in [0.05, 0.1) is 5.69 Å². The van der Waals surface area contributed by atoms with Crippen molar-refractivity contribution in [1.82, 2.24) is 10.3 Å². The number of nitrogen functional groups attached to an aromatic ring is 1. The average molecular weight is 242 g/mol. The Bertz CT molecular complexity index is 397. The van der Waals surface area contributed by atoms with Crippen molar-refractivity contribution in [3.63, 3.8) is 0 Å². The first-order chi connectivity index (χ1) is 7.63. The maximum atomic E-state index is 11.6. The number of rotatable bonds is 5. The fourth-order valence-corrected chi connectivity index (χ4v) is 1.43. The van der Waals surface area contributed by atoms with Crippen molar-refractivity contribution in [3.8, 4) is 0 Å². The first kappa shape index (κ1) is 12.6. The molecule has 0 bridgehead atoms. The van der Waals surface area contributed by atoms with Gasteiger partial charge in [0.25, 0.3) is 5.91 Å². The van der Waals surface area contributed by atoms with Crippen molar-refractivity contribution in [3.05, 3.63) is 24.0 Å². The zero-order valence-corrected chi connectivity index (χ0v) is 9.71. The van der Waals surface area contributed by atoms with Crippen LogP contribution in [0.1, 0.15) is 10.5 Å². The van der Waals surface area contributed by atoms with Crippen LogP contribution in [-0.4, -0.2) is 33.7 Å². The summed E-state index contributed by atoms with van der Waals surface area (Å²) in [5.74, 6) is 5.34. The summed E-state index contributed by atoms with van der Waals surface area (Å²) in [4.78, 5) is 15.5. The van der Waals surface area contributed by atoms with Crippen molar-refractivity contribution < 1.29 is 9.00 Å². The average Bonchev–Trinajstić information content (AvgIpc) is 2.28. The van der Waals surface area contributed by atoms with Gasteiger partial charge in [0.2, 0.25) is 0 Å². The van der Waals surface area contributed by atoms with E-state index in [2.05, 4.69) is 15.7 Å². The lowest BCUT2D eigenvalue weighted by molar-refractivity contribution is 0.0951. The van der Waals surface area contributed by atoms with Gasteiger partial charge in [0, 0.05) is 35.5 Å². The molecule has 7 heteroatoms. The largest absolute Gasteiger partial charge is 0.350 e. The van der Waals surface area contributed by atoms with E-state index in [0.29, 0.717) is 18.0 Å². The van der Waals surface area contributed by atoms with Gasteiger partial charge in [-0.2, -0.15) is 0 Å². The zero-order valence-electron chi connectivity index (χ0n) is 8.90. The minimum absolute atomic E-state index is 0.275. The topological polar surface area (TPSA) is 97.1 Å². The van der Waals surface area contributed by atoms with E-state index < -0.39 is 10.8 Å². The molecule has 1 aromatic heterocycles. The predicted octanol–water partition coefficient (Wildman–Crippen LogP) is -0.524. The summed E-state index contributed by atoms with van der Waals surface area (Å²) in [6, 6.07) is 3.19. The summed E-state index contributed by atoms with van der Waals surface area (Å²) in [7, 11) is -0.912. The number of hydrogen-bond acceptors (Lipinski definition) is 5. The van der Waals surface area contributed by atoms with Crippen LogP contribution in [-0.2, 0) is 10.8 Å². The van der Waals surface area contributed by atoms with E-state index in [1.807, 2.05) is 0 Å². The number of nitrogens with zero attached hydrogens (tertiary/aromatic N) is 1. The summed E-state index contributed by atoms with van der Waals surface area (Å²) in [5, 5.41) is 2.62. The van der Waals surface area contributed by atoms with Crippen LogP contribution < -0.4 is 16.6 Å². The first-order valence-corrected chi connectivity index (χ1v) is 6.37. The fourth-order valence-electron chi connectivity index (χ4n) is 1.04. The minimum Gasteiger partial charge on any atom is -0.350 e. The van der Waals surface area contributed by atoms with Gasteiger partial charge in [-0.25, -0.2) is 0 Å². The third-order valence-corrected chi connectivity index (χ3v) is 2.61. The molecule has 6 nitrogen and oxygen atoms in total. The van der Waals surface area contributed by atoms with E-state index in [9.17, 15) is 9.00 Å². The van der Waals surface area contributed by atoms with Crippen LogP contribution >= 0.6 is 0 Å². The zero-order chi connectivity index (χ0) is 12.0. The van der Waals surface area contributed by atoms with Crippen LogP contribution in [0.3, 0.4) is 0 Å². The fraction of sp³-hybridized carbons (Fsp3) is 0.333. The lowest BCUT2D eigenvalue weighted by atomic mass is 10.3. The van der Waals surface area contributed by atoms with Crippen molar-refractivity contribution >= 4 is 22.4 Å². The molecule has 0 radical (unpaired) electrons. The molecule has 0 fully saturated rings. The lowest BCUT2D eigenvalue weighted by Crippen LogP contribution is -2.28. The molecule has 1 heterocycles. The Balaban J connectivity index is 2.55. The highest BCUT2D eigenvalue weighted by molar-refractivity contribution is 7.84. The molecule has 16 heavy (non-hydrogen) atoms. The van der Waals surface area contributed by atoms with E-state index in [1.54, 1.807) is 12.3 Å². The normalized spacial score (nSPS) is 11.9. The lowest BCUT2D eigenvalue weighted by Gasteiger charge is -2.04. The van der Waals surface area contributed by atoms with E-state index in [1.165, 1.54) is 12.3 Å². The molecule has 0 saturated carbocycles. The van der Waals surface area contributed by atoms with Gasteiger partial charge in [0.15, 0.2) is 0 Å². The van der Waals surface area contributed by atoms with Crippen molar-refractivity contribution in [2.75, 3.05) is 24.0 Å². The molecule has 1 aromatic rings. The van der Waals surface area contributed by atoms with Gasteiger partial charge in [-0.3, -0.25) is 19.8 Å². The molecule has 0 aliphatic heterocycles. The molecule has 1 rings (SSSR count). The quantitative estimate of drug-likeness (QED) is 0.476. The van der Waals surface area contributed by atoms with Crippen LogP contribution in [0.5, 0.6) is 0 Å². The maximum Gasteiger partial charge on any atom is 0.269 e. The second kappa shape index (κ2) is 6.19. The predicted molar refractivity (Wildman–Crippen MR) is 63.3 cm³/mol. The number of carbonyl (C=O) groups excluding carboxylic acids is 1. The van der Waals surface area contributed by atoms with Crippen molar-refractivity contribution in [2.24, 2.45) is 5.84 Å². The van der Waals surface area contributed by atoms with Gasteiger partial charge in [-0.05, 0) is 12.1 Å². The van der Waals surface area contributed by atoms with E-state index >= 15 is 0 Å². The Morgan fingerprint density at radius 2 is 2.38 bits per heavy atom. The Morgan fingerprint density at radius 1 is 1.62 bits per heavy atom. The number of carbonyl (C=O) groups is 1. The summed E-state index contributed by atoms with van der Waals surface area (Å²) >= 11 is 0. The Hall–Kier alpha value is -1.47. The summed E-state index contributed by atoms with van der Waals surface area (Å²) in [5.41, 5.74) is 3.31. The van der Waals surface area contributed by atoms with E-state index in [4.69, 9.17) is 5.84 Å². The van der Waals surface area contributed by atoms with Crippen LogP contribution in [0.4, 0.5) is 5.69 Å². The third-order valence-electron chi connectivity index (χ3n) is 1.83. The Labute approximate surface area is 96.1 Å². The molecule has 1 unspecified atom stereocenters. The molecule has 0 spiro atoms. The van der Waals surface area contributed by atoms with Crippen LogP contribution in [0, 0.1) is 0 Å². The first-order valence-electron chi connectivity index (χ1n) is 4.64. The van der Waals surface area contributed by atoms with Gasteiger partial charge >= 0.3 is 0 Å². The number of amides is 1. The van der Waals surface area contributed by atoms with Crippen molar-refractivity contribution in [1.29, 1.82) is 0 Å². The minimum atomic E-state index is -0.912. The molecule has 0 aromatic carbocycles. The van der Waals surface area contributed by atoms with Gasteiger partial charge < -0.3 is 10.7 Å². The highest BCUT2D eigenvalue weighted by Crippen LogP contribution is 2.05. The Kier molecular flexibility index (Phi) is 4.87. The van der Waals surface area contributed by atoms with Crippen LogP contribution in [0.25, 0.3) is 0 Å². The van der Waals surface area contributed by atoms with Crippen LogP contribution in [0.2, 0.25) is 0 Å². The number of hydrogen-bond donors (Lipinski definition) is 3. The van der Waals surface area contributed by atoms with Gasteiger partial charge in [0.1, 0.15) is 5.69 Å². The molecule has 0 aliphatic rings. The summed E-state index contributed by atoms with van der Waals surface area (Å²) in [6.45, 7) is 0.365. The number of aromatic nitrogens is 1. The number of hydrazine groups is 1.